The van der Waals surface area contributed by atoms with Crippen molar-refractivity contribution in [3.8, 4) is 0 Å². The molecule has 3 rings (SSSR count). The quantitative estimate of drug-likeness (QED) is 0.908. The maximum absolute atomic E-state index is 11.9. The molecule has 0 aliphatic carbocycles. The van der Waals surface area contributed by atoms with E-state index in [1.165, 1.54) is 6.33 Å². The number of hydrogen-bond acceptors (Lipinski definition) is 4. The van der Waals surface area contributed by atoms with Gasteiger partial charge >= 0.3 is 0 Å². The van der Waals surface area contributed by atoms with Gasteiger partial charge in [-0.05, 0) is 25.0 Å². The summed E-state index contributed by atoms with van der Waals surface area (Å²) in [4.78, 5) is 16.1. The van der Waals surface area contributed by atoms with Crippen LogP contribution in [0.4, 0.5) is 5.95 Å². The summed E-state index contributed by atoms with van der Waals surface area (Å²) in [5, 5.41) is 7.29. The zero-order valence-corrected chi connectivity index (χ0v) is 12.4. The van der Waals surface area contributed by atoms with Crippen LogP contribution in [0, 0.1) is 0 Å². The number of nitrogens with two attached hydrogens (primary N) is 1. The molecule has 1 aromatic heterocycles. The molecular formula is C16H17N5O. The van der Waals surface area contributed by atoms with Crippen molar-refractivity contribution in [3.63, 3.8) is 0 Å². The van der Waals surface area contributed by atoms with Gasteiger partial charge in [0.1, 0.15) is 12.4 Å². The average Bonchev–Trinajstić information content (AvgIpc) is 2.94. The first-order valence-corrected chi connectivity index (χ1v) is 6.98. The van der Waals surface area contributed by atoms with Gasteiger partial charge in [-0.2, -0.15) is 10.1 Å². The number of fused-ring (bicyclic) bond motifs is 1. The van der Waals surface area contributed by atoms with Crippen LogP contribution in [-0.2, 0) is 4.79 Å². The average molecular weight is 295 g/mol. The monoisotopic (exact) mass is 295 g/mol. The number of anilines is 1. The van der Waals surface area contributed by atoms with Crippen LogP contribution in [0.25, 0.3) is 6.08 Å². The first-order valence-electron chi connectivity index (χ1n) is 6.98. The van der Waals surface area contributed by atoms with Gasteiger partial charge in [0, 0.05) is 5.70 Å². The topological polar surface area (TPSA) is 85.8 Å². The molecule has 0 saturated carbocycles. The minimum Gasteiger partial charge on any atom is -0.366 e. The fourth-order valence-corrected chi connectivity index (χ4v) is 2.72. The van der Waals surface area contributed by atoms with Crippen molar-refractivity contribution in [1.82, 2.24) is 14.8 Å². The van der Waals surface area contributed by atoms with Gasteiger partial charge in [0.25, 0.3) is 0 Å². The lowest BCUT2D eigenvalue weighted by atomic mass is 9.94. The van der Waals surface area contributed by atoms with E-state index in [1.54, 1.807) is 4.68 Å². The van der Waals surface area contributed by atoms with Crippen LogP contribution in [0.2, 0.25) is 0 Å². The highest BCUT2D eigenvalue weighted by Crippen LogP contribution is 2.34. The molecule has 0 radical (unpaired) electrons. The third kappa shape index (κ3) is 2.39. The lowest BCUT2D eigenvalue weighted by Gasteiger charge is -2.28. The predicted octanol–water partition coefficient (Wildman–Crippen LogP) is 2.11. The highest BCUT2D eigenvalue weighted by Gasteiger charge is 2.31. The number of rotatable bonds is 3. The molecule has 112 valence electrons. The third-order valence-corrected chi connectivity index (χ3v) is 3.69. The minimum atomic E-state index is -0.461. The number of hydrogen-bond donors (Lipinski definition) is 2. The van der Waals surface area contributed by atoms with Gasteiger partial charge in [-0.1, -0.05) is 36.4 Å². The Hall–Kier alpha value is -2.89. The van der Waals surface area contributed by atoms with Gasteiger partial charge in [-0.15, -0.1) is 0 Å². The van der Waals surface area contributed by atoms with E-state index in [-0.39, 0.29) is 6.04 Å². The second-order valence-corrected chi connectivity index (χ2v) is 5.26. The highest BCUT2D eigenvalue weighted by molar-refractivity contribution is 5.95. The van der Waals surface area contributed by atoms with Gasteiger partial charge < -0.3 is 11.1 Å². The largest absolute Gasteiger partial charge is 0.366 e. The molecule has 1 aromatic carbocycles. The Balaban J connectivity index is 2.10. The van der Waals surface area contributed by atoms with Gasteiger partial charge in [0.05, 0.1) is 5.57 Å². The van der Waals surface area contributed by atoms with Crippen LogP contribution in [0.1, 0.15) is 25.5 Å². The van der Waals surface area contributed by atoms with Crippen molar-refractivity contribution < 1.29 is 4.79 Å². The van der Waals surface area contributed by atoms with Crippen LogP contribution in [-0.4, -0.2) is 20.7 Å². The normalized spacial score (nSPS) is 17.9. The van der Waals surface area contributed by atoms with Crippen molar-refractivity contribution >= 4 is 17.9 Å². The SMILES string of the molecule is CC1=C(C(N)=O)C(/C(C)=C/c2ccccc2)n2ncnc2N1. The van der Waals surface area contributed by atoms with E-state index in [0.29, 0.717) is 17.2 Å². The van der Waals surface area contributed by atoms with Gasteiger partial charge in [-0.25, -0.2) is 4.68 Å². The molecule has 0 spiro atoms. The van der Waals surface area contributed by atoms with Crippen molar-refractivity contribution in [2.24, 2.45) is 5.73 Å². The molecule has 0 fully saturated rings. The van der Waals surface area contributed by atoms with E-state index in [1.807, 2.05) is 50.3 Å². The molecule has 2 heterocycles. The minimum absolute atomic E-state index is 0.351. The Morgan fingerprint density at radius 3 is 2.77 bits per heavy atom. The predicted molar refractivity (Wildman–Crippen MR) is 84.7 cm³/mol. The number of amides is 1. The van der Waals surface area contributed by atoms with Gasteiger partial charge in [0.2, 0.25) is 11.9 Å². The maximum atomic E-state index is 11.9. The Labute approximate surface area is 128 Å². The summed E-state index contributed by atoms with van der Waals surface area (Å²) < 4.78 is 1.68. The Bertz CT molecular complexity index is 773. The van der Waals surface area contributed by atoms with Crippen LogP contribution in [0.3, 0.4) is 0 Å². The third-order valence-electron chi connectivity index (χ3n) is 3.69. The first-order chi connectivity index (χ1) is 10.6. The Morgan fingerprint density at radius 1 is 1.36 bits per heavy atom. The van der Waals surface area contributed by atoms with Crippen molar-refractivity contribution in [2.45, 2.75) is 19.9 Å². The summed E-state index contributed by atoms with van der Waals surface area (Å²) in [6.07, 6.45) is 3.49. The molecule has 0 saturated heterocycles. The molecule has 22 heavy (non-hydrogen) atoms. The number of benzene rings is 1. The summed E-state index contributed by atoms with van der Waals surface area (Å²) in [5.74, 6) is 0.144. The van der Waals surface area contributed by atoms with E-state index in [4.69, 9.17) is 5.73 Å². The second kappa shape index (κ2) is 5.48. The number of carbonyl (C=O) groups excluding carboxylic acids is 1. The summed E-state index contributed by atoms with van der Waals surface area (Å²) in [7, 11) is 0. The first kappa shape index (κ1) is 14.1. The van der Waals surface area contributed by atoms with E-state index < -0.39 is 5.91 Å². The van der Waals surface area contributed by atoms with E-state index >= 15 is 0 Å². The smallest absolute Gasteiger partial charge is 0.248 e. The second-order valence-electron chi connectivity index (χ2n) is 5.26. The summed E-state index contributed by atoms with van der Waals surface area (Å²) in [6, 6.07) is 9.57. The van der Waals surface area contributed by atoms with Crippen molar-refractivity contribution in [2.75, 3.05) is 5.32 Å². The van der Waals surface area contributed by atoms with E-state index in [9.17, 15) is 4.79 Å². The Kier molecular flexibility index (Phi) is 3.50. The lowest BCUT2D eigenvalue weighted by Crippen LogP contribution is -2.31. The number of allylic oxidation sites excluding steroid dienone is 2. The highest BCUT2D eigenvalue weighted by atomic mass is 16.1. The molecule has 6 heteroatoms. The molecule has 1 unspecified atom stereocenters. The summed E-state index contributed by atoms with van der Waals surface area (Å²) in [6.45, 7) is 3.78. The van der Waals surface area contributed by atoms with Crippen LogP contribution >= 0.6 is 0 Å². The molecule has 2 aromatic rings. The fraction of sp³-hybridized carbons (Fsp3) is 0.188. The van der Waals surface area contributed by atoms with Crippen LogP contribution < -0.4 is 11.1 Å². The molecule has 6 nitrogen and oxygen atoms in total. The fourth-order valence-electron chi connectivity index (χ4n) is 2.72. The molecule has 1 aliphatic heterocycles. The van der Waals surface area contributed by atoms with Crippen molar-refractivity contribution in [1.29, 1.82) is 0 Å². The Morgan fingerprint density at radius 2 is 2.09 bits per heavy atom. The van der Waals surface area contributed by atoms with Crippen LogP contribution in [0.5, 0.6) is 0 Å². The molecule has 3 N–H and O–H groups in total. The molecule has 0 bridgehead atoms. The molecular weight excluding hydrogens is 278 g/mol. The summed E-state index contributed by atoms with van der Waals surface area (Å²) >= 11 is 0. The summed E-state index contributed by atoms with van der Waals surface area (Å²) in [5.41, 5.74) is 8.81. The van der Waals surface area contributed by atoms with Crippen molar-refractivity contribution in [3.05, 3.63) is 59.1 Å². The van der Waals surface area contributed by atoms with Gasteiger partial charge in [0.15, 0.2) is 0 Å². The number of primary amides is 1. The van der Waals surface area contributed by atoms with Gasteiger partial charge in [-0.3, -0.25) is 4.79 Å². The molecule has 1 amide bonds. The number of nitrogens with one attached hydrogen (secondary N) is 1. The standard InChI is InChI=1S/C16H17N5O/c1-10(8-12-6-4-3-5-7-12)14-13(15(17)22)11(2)20-16-18-9-19-21(14)16/h3-9,14H,1-2H3,(H2,17,22)(H,18,19,20)/b10-8+. The number of aromatic nitrogens is 3. The van der Waals surface area contributed by atoms with Crippen LogP contribution in [0.15, 0.2) is 53.5 Å². The van der Waals surface area contributed by atoms with E-state index in [2.05, 4.69) is 15.4 Å². The molecule has 1 aliphatic rings. The number of carbonyl (C=O) groups is 1. The maximum Gasteiger partial charge on any atom is 0.248 e. The zero-order valence-electron chi connectivity index (χ0n) is 12.4. The lowest BCUT2D eigenvalue weighted by molar-refractivity contribution is -0.115. The van der Waals surface area contributed by atoms with E-state index in [0.717, 1.165) is 11.1 Å². The molecule has 1 atom stereocenters. The number of nitrogens with zero attached hydrogens (tertiary/aromatic N) is 3. The zero-order chi connectivity index (χ0) is 15.7.